The molecule has 0 atom stereocenters. The van der Waals surface area contributed by atoms with Crippen molar-refractivity contribution in [2.45, 2.75) is 44.7 Å². The SMILES string of the molecule is OC(O)C1=CC=C(OC2=CC=C(C(O)O)CC2)CCC1. The van der Waals surface area contributed by atoms with Crippen molar-refractivity contribution in [3.8, 4) is 0 Å². The van der Waals surface area contributed by atoms with Crippen LogP contribution in [0.2, 0.25) is 0 Å². The van der Waals surface area contributed by atoms with Crippen LogP contribution >= 0.6 is 0 Å². The summed E-state index contributed by atoms with van der Waals surface area (Å²) in [5.41, 5.74) is 1.17. The molecule has 0 fully saturated rings. The summed E-state index contributed by atoms with van der Waals surface area (Å²) in [7, 11) is 0. The summed E-state index contributed by atoms with van der Waals surface area (Å²) in [6.45, 7) is 0. The van der Waals surface area contributed by atoms with Crippen LogP contribution in [0.1, 0.15) is 32.1 Å². The van der Waals surface area contributed by atoms with Crippen LogP contribution < -0.4 is 0 Å². The molecule has 0 bridgehead atoms. The van der Waals surface area contributed by atoms with Gasteiger partial charge in [-0.1, -0.05) is 12.2 Å². The summed E-state index contributed by atoms with van der Waals surface area (Å²) >= 11 is 0. The second-order valence-corrected chi connectivity index (χ2v) is 4.95. The first-order valence-corrected chi connectivity index (χ1v) is 6.75. The fourth-order valence-corrected chi connectivity index (χ4v) is 2.24. The lowest BCUT2D eigenvalue weighted by atomic mass is 10.0. The van der Waals surface area contributed by atoms with Crippen LogP contribution in [0.15, 0.2) is 47.0 Å². The quantitative estimate of drug-likeness (QED) is 0.581. The number of rotatable bonds is 4. The van der Waals surface area contributed by atoms with E-state index >= 15 is 0 Å². The Morgan fingerprint density at radius 1 is 0.700 bits per heavy atom. The molecular weight excluding hydrogens is 260 g/mol. The molecule has 110 valence electrons. The van der Waals surface area contributed by atoms with E-state index in [2.05, 4.69) is 0 Å². The van der Waals surface area contributed by atoms with Gasteiger partial charge in [0, 0.05) is 12.8 Å². The van der Waals surface area contributed by atoms with E-state index in [9.17, 15) is 0 Å². The van der Waals surface area contributed by atoms with Gasteiger partial charge in [0.25, 0.3) is 0 Å². The van der Waals surface area contributed by atoms with Gasteiger partial charge in [0.2, 0.25) is 0 Å². The molecule has 0 aromatic carbocycles. The van der Waals surface area contributed by atoms with E-state index in [4.69, 9.17) is 25.2 Å². The molecule has 2 aliphatic rings. The second kappa shape index (κ2) is 6.85. The molecule has 5 nitrogen and oxygen atoms in total. The summed E-state index contributed by atoms with van der Waals surface area (Å²) < 4.78 is 5.77. The molecular formula is C15H20O5. The van der Waals surface area contributed by atoms with E-state index in [-0.39, 0.29) is 0 Å². The monoisotopic (exact) mass is 280 g/mol. The van der Waals surface area contributed by atoms with Crippen molar-refractivity contribution in [2.75, 3.05) is 0 Å². The highest BCUT2D eigenvalue weighted by Crippen LogP contribution is 2.26. The fourth-order valence-electron chi connectivity index (χ4n) is 2.24. The van der Waals surface area contributed by atoms with Gasteiger partial charge in [0.15, 0.2) is 12.6 Å². The second-order valence-electron chi connectivity index (χ2n) is 4.95. The van der Waals surface area contributed by atoms with Crippen LogP contribution in [-0.2, 0) is 4.74 Å². The lowest BCUT2D eigenvalue weighted by Crippen LogP contribution is -2.11. The highest BCUT2D eigenvalue weighted by atomic mass is 16.5. The molecule has 0 aliphatic heterocycles. The van der Waals surface area contributed by atoms with E-state index in [1.54, 1.807) is 24.3 Å². The first-order chi connectivity index (χ1) is 9.56. The fraction of sp³-hybridized carbons (Fsp3) is 0.467. The number of aliphatic hydroxyl groups is 4. The van der Waals surface area contributed by atoms with Crippen LogP contribution in [0.4, 0.5) is 0 Å². The smallest absolute Gasteiger partial charge is 0.174 e. The number of ether oxygens (including phenoxy) is 1. The molecule has 0 radical (unpaired) electrons. The molecule has 20 heavy (non-hydrogen) atoms. The molecule has 0 saturated heterocycles. The summed E-state index contributed by atoms with van der Waals surface area (Å²) in [5, 5.41) is 36.4. The zero-order valence-electron chi connectivity index (χ0n) is 11.2. The van der Waals surface area contributed by atoms with Crippen molar-refractivity contribution < 1.29 is 25.2 Å². The van der Waals surface area contributed by atoms with E-state index in [1.165, 1.54) is 0 Å². The molecule has 0 spiro atoms. The predicted molar refractivity (Wildman–Crippen MR) is 73.0 cm³/mol. The Labute approximate surface area is 117 Å². The highest BCUT2D eigenvalue weighted by Gasteiger charge is 2.15. The van der Waals surface area contributed by atoms with E-state index in [0.717, 1.165) is 24.4 Å². The third-order valence-corrected chi connectivity index (χ3v) is 3.44. The molecule has 0 unspecified atom stereocenters. The Morgan fingerprint density at radius 2 is 1.25 bits per heavy atom. The summed E-state index contributed by atoms with van der Waals surface area (Å²) in [6, 6.07) is 0. The summed E-state index contributed by atoms with van der Waals surface area (Å²) in [5.74, 6) is 1.57. The topological polar surface area (TPSA) is 90.2 Å². The molecule has 2 aliphatic carbocycles. The third-order valence-electron chi connectivity index (χ3n) is 3.44. The van der Waals surface area contributed by atoms with Crippen molar-refractivity contribution >= 4 is 0 Å². The van der Waals surface area contributed by atoms with Gasteiger partial charge in [-0.25, -0.2) is 0 Å². The number of hydrogen-bond donors (Lipinski definition) is 4. The van der Waals surface area contributed by atoms with Gasteiger partial charge in [0.1, 0.15) is 11.5 Å². The van der Waals surface area contributed by atoms with Crippen LogP contribution in [0.5, 0.6) is 0 Å². The van der Waals surface area contributed by atoms with Crippen LogP contribution in [0.3, 0.4) is 0 Å². The molecule has 0 saturated carbocycles. The van der Waals surface area contributed by atoms with E-state index < -0.39 is 12.6 Å². The summed E-state index contributed by atoms with van der Waals surface area (Å²) in [4.78, 5) is 0. The number of aliphatic hydroxyl groups excluding tert-OH is 2. The van der Waals surface area contributed by atoms with Gasteiger partial charge in [-0.05, 0) is 42.6 Å². The molecule has 2 rings (SSSR count). The van der Waals surface area contributed by atoms with E-state index in [0.29, 0.717) is 30.4 Å². The van der Waals surface area contributed by atoms with Crippen molar-refractivity contribution in [3.63, 3.8) is 0 Å². The predicted octanol–water partition coefficient (Wildman–Crippen LogP) is 1.22. The molecule has 0 aromatic rings. The van der Waals surface area contributed by atoms with Crippen LogP contribution in [0.25, 0.3) is 0 Å². The minimum Gasteiger partial charge on any atom is -0.466 e. The van der Waals surface area contributed by atoms with Crippen LogP contribution in [-0.4, -0.2) is 33.0 Å². The Bertz CT molecular complexity index is 469. The maximum absolute atomic E-state index is 9.14. The summed E-state index contributed by atoms with van der Waals surface area (Å²) in [6.07, 6.45) is 7.43. The Hall–Kier alpha value is -1.40. The average molecular weight is 280 g/mol. The maximum Gasteiger partial charge on any atom is 0.174 e. The lowest BCUT2D eigenvalue weighted by Gasteiger charge is -2.17. The van der Waals surface area contributed by atoms with Gasteiger partial charge in [-0.3, -0.25) is 0 Å². The lowest BCUT2D eigenvalue weighted by molar-refractivity contribution is -0.0112. The molecule has 0 heterocycles. The van der Waals surface area contributed by atoms with Gasteiger partial charge in [0.05, 0.1) is 0 Å². The van der Waals surface area contributed by atoms with Gasteiger partial charge in [-0.15, -0.1) is 0 Å². The van der Waals surface area contributed by atoms with Crippen molar-refractivity contribution in [1.82, 2.24) is 0 Å². The largest absolute Gasteiger partial charge is 0.466 e. The zero-order valence-corrected chi connectivity index (χ0v) is 11.2. The normalized spacial score (nSPS) is 20.1. The first kappa shape index (κ1) is 15.0. The number of hydrogen-bond acceptors (Lipinski definition) is 5. The minimum atomic E-state index is -1.41. The molecule has 0 amide bonds. The Morgan fingerprint density at radius 3 is 1.80 bits per heavy atom. The highest BCUT2D eigenvalue weighted by molar-refractivity contribution is 5.25. The maximum atomic E-state index is 9.14. The van der Waals surface area contributed by atoms with Gasteiger partial charge in [-0.2, -0.15) is 0 Å². The van der Waals surface area contributed by atoms with Crippen molar-refractivity contribution in [1.29, 1.82) is 0 Å². The molecule has 0 aromatic heterocycles. The Kier molecular flexibility index (Phi) is 5.14. The van der Waals surface area contributed by atoms with Crippen molar-refractivity contribution in [3.05, 3.63) is 47.0 Å². The first-order valence-electron chi connectivity index (χ1n) is 6.75. The van der Waals surface area contributed by atoms with Gasteiger partial charge >= 0.3 is 0 Å². The van der Waals surface area contributed by atoms with Gasteiger partial charge < -0.3 is 25.2 Å². The van der Waals surface area contributed by atoms with Crippen molar-refractivity contribution in [2.24, 2.45) is 0 Å². The Balaban J connectivity index is 2.00. The third kappa shape index (κ3) is 4.05. The zero-order chi connectivity index (χ0) is 14.5. The van der Waals surface area contributed by atoms with Crippen LogP contribution in [0, 0.1) is 0 Å². The average Bonchev–Trinajstić information content (AvgIpc) is 2.65. The molecule has 5 heteroatoms. The number of allylic oxidation sites excluding steroid dienone is 6. The standard InChI is InChI=1S/C15H20O5/c16-14(17)10-2-1-3-12(7-4-10)20-13-8-5-11(6-9-13)15(18)19/h4-5,7-8,14-19H,1-3,6,9H2. The minimum absolute atomic E-state index is 0.563. The molecule has 4 N–H and O–H groups in total. The van der Waals surface area contributed by atoms with E-state index in [1.807, 2.05) is 0 Å².